The van der Waals surface area contributed by atoms with Crippen molar-refractivity contribution in [1.29, 1.82) is 0 Å². The van der Waals surface area contributed by atoms with Crippen molar-refractivity contribution in [2.45, 2.75) is 25.2 Å². The largest absolute Gasteiger partial charge is 0.440 e. The van der Waals surface area contributed by atoms with E-state index in [0.717, 1.165) is 17.0 Å². The molecule has 1 atom stereocenters. The first-order valence-corrected chi connectivity index (χ1v) is 5.94. The van der Waals surface area contributed by atoms with Crippen LogP contribution in [-0.4, -0.2) is 11.5 Å². The van der Waals surface area contributed by atoms with E-state index in [1.165, 1.54) is 19.3 Å². The highest BCUT2D eigenvalue weighted by Gasteiger charge is 2.30. The van der Waals surface area contributed by atoms with E-state index in [1.54, 1.807) is 0 Å². The molecule has 3 rings (SSSR count). The van der Waals surface area contributed by atoms with Crippen LogP contribution >= 0.6 is 0 Å². The standard InChI is InChI=1S/C13H16N2O/c14-8-10(9-4-3-5-9)13-15-11-6-1-2-7-12(11)16-13/h1-2,6-7,9-10H,3-5,8,14H2. The Kier molecular flexibility index (Phi) is 2.40. The second-order valence-corrected chi connectivity index (χ2v) is 4.55. The van der Waals surface area contributed by atoms with Gasteiger partial charge < -0.3 is 10.2 Å². The van der Waals surface area contributed by atoms with Crippen LogP contribution in [-0.2, 0) is 0 Å². The van der Waals surface area contributed by atoms with E-state index in [2.05, 4.69) is 4.98 Å². The van der Waals surface area contributed by atoms with Gasteiger partial charge in [0, 0.05) is 6.54 Å². The number of nitrogens with zero attached hydrogens (tertiary/aromatic N) is 1. The van der Waals surface area contributed by atoms with Gasteiger partial charge in [0.25, 0.3) is 0 Å². The number of fused-ring (bicyclic) bond motifs is 1. The maximum atomic E-state index is 5.84. The summed E-state index contributed by atoms with van der Waals surface area (Å²) in [6.45, 7) is 0.636. The van der Waals surface area contributed by atoms with Gasteiger partial charge in [0.1, 0.15) is 5.52 Å². The monoisotopic (exact) mass is 216 g/mol. The fourth-order valence-corrected chi connectivity index (χ4v) is 2.39. The summed E-state index contributed by atoms with van der Waals surface area (Å²) in [7, 11) is 0. The Balaban J connectivity index is 1.96. The third-order valence-electron chi connectivity index (χ3n) is 3.60. The molecule has 1 unspecified atom stereocenters. The van der Waals surface area contributed by atoms with E-state index in [4.69, 9.17) is 10.2 Å². The van der Waals surface area contributed by atoms with Crippen molar-refractivity contribution in [2.75, 3.05) is 6.54 Å². The van der Waals surface area contributed by atoms with Crippen LogP contribution in [0.5, 0.6) is 0 Å². The minimum atomic E-state index is 0.307. The van der Waals surface area contributed by atoms with Crippen LogP contribution in [0.3, 0.4) is 0 Å². The second-order valence-electron chi connectivity index (χ2n) is 4.55. The predicted octanol–water partition coefficient (Wildman–Crippen LogP) is 2.67. The molecule has 0 spiro atoms. The molecule has 1 saturated carbocycles. The Labute approximate surface area is 94.7 Å². The van der Waals surface area contributed by atoms with Crippen molar-refractivity contribution in [3.05, 3.63) is 30.2 Å². The van der Waals surface area contributed by atoms with Crippen molar-refractivity contribution >= 4 is 11.1 Å². The molecule has 0 saturated heterocycles. The first-order valence-electron chi connectivity index (χ1n) is 5.94. The van der Waals surface area contributed by atoms with Gasteiger partial charge in [-0.25, -0.2) is 4.98 Å². The molecule has 1 aromatic carbocycles. The van der Waals surface area contributed by atoms with Gasteiger partial charge in [-0.05, 0) is 30.9 Å². The lowest BCUT2D eigenvalue weighted by molar-refractivity contribution is 0.238. The third-order valence-corrected chi connectivity index (χ3v) is 3.60. The van der Waals surface area contributed by atoms with Crippen LogP contribution in [0, 0.1) is 5.92 Å². The molecule has 2 N–H and O–H groups in total. The zero-order chi connectivity index (χ0) is 11.0. The average Bonchev–Trinajstić information content (AvgIpc) is 2.66. The minimum Gasteiger partial charge on any atom is -0.440 e. The lowest BCUT2D eigenvalue weighted by Crippen LogP contribution is -2.26. The SMILES string of the molecule is NCC(c1nc2ccccc2o1)C1CCC1. The smallest absolute Gasteiger partial charge is 0.200 e. The van der Waals surface area contributed by atoms with E-state index in [1.807, 2.05) is 24.3 Å². The number of oxazole rings is 1. The molecule has 1 aliphatic rings. The van der Waals surface area contributed by atoms with Crippen molar-refractivity contribution in [2.24, 2.45) is 11.7 Å². The average molecular weight is 216 g/mol. The summed E-state index contributed by atoms with van der Waals surface area (Å²) in [6.07, 6.45) is 3.85. The molecule has 1 aliphatic carbocycles. The zero-order valence-corrected chi connectivity index (χ0v) is 9.23. The minimum absolute atomic E-state index is 0.307. The molecular formula is C13H16N2O. The van der Waals surface area contributed by atoms with E-state index >= 15 is 0 Å². The molecule has 0 bridgehead atoms. The highest BCUT2D eigenvalue weighted by molar-refractivity contribution is 5.72. The van der Waals surface area contributed by atoms with E-state index in [9.17, 15) is 0 Å². The van der Waals surface area contributed by atoms with Gasteiger partial charge in [0.05, 0.1) is 5.92 Å². The summed E-state index contributed by atoms with van der Waals surface area (Å²) in [5.74, 6) is 1.81. The fraction of sp³-hybridized carbons (Fsp3) is 0.462. The van der Waals surface area contributed by atoms with Crippen molar-refractivity contribution in [3.8, 4) is 0 Å². The molecule has 84 valence electrons. The predicted molar refractivity (Wildman–Crippen MR) is 63.1 cm³/mol. The van der Waals surface area contributed by atoms with Crippen LogP contribution in [0.2, 0.25) is 0 Å². The Morgan fingerprint density at radius 2 is 2.19 bits per heavy atom. The zero-order valence-electron chi connectivity index (χ0n) is 9.23. The number of hydrogen-bond acceptors (Lipinski definition) is 3. The normalized spacial score (nSPS) is 18.6. The first kappa shape index (κ1) is 9.85. The van der Waals surface area contributed by atoms with Gasteiger partial charge in [-0.3, -0.25) is 0 Å². The lowest BCUT2D eigenvalue weighted by atomic mass is 9.76. The van der Waals surface area contributed by atoms with Crippen molar-refractivity contribution in [1.82, 2.24) is 4.98 Å². The van der Waals surface area contributed by atoms with Crippen LogP contribution in [0.25, 0.3) is 11.1 Å². The maximum absolute atomic E-state index is 5.84. The number of nitrogens with two attached hydrogens (primary N) is 1. The van der Waals surface area contributed by atoms with Crippen LogP contribution in [0.1, 0.15) is 31.1 Å². The molecule has 16 heavy (non-hydrogen) atoms. The number of aromatic nitrogens is 1. The molecular weight excluding hydrogens is 200 g/mol. The summed E-state index contributed by atoms with van der Waals surface area (Å²) in [5, 5.41) is 0. The van der Waals surface area contributed by atoms with Gasteiger partial charge in [-0.2, -0.15) is 0 Å². The number of benzene rings is 1. The summed E-state index contributed by atoms with van der Waals surface area (Å²) in [5.41, 5.74) is 7.65. The molecule has 1 fully saturated rings. The van der Waals surface area contributed by atoms with Gasteiger partial charge in [-0.15, -0.1) is 0 Å². The molecule has 1 aromatic heterocycles. The van der Waals surface area contributed by atoms with Crippen molar-refractivity contribution < 1.29 is 4.42 Å². The van der Waals surface area contributed by atoms with E-state index in [-0.39, 0.29) is 0 Å². The van der Waals surface area contributed by atoms with Crippen LogP contribution in [0.15, 0.2) is 28.7 Å². The molecule has 0 amide bonds. The lowest BCUT2D eigenvalue weighted by Gasteiger charge is -2.30. The highest BCUT2D eigenvalue weighted by atomic mass is 16.3. The number of para-hydroxylation sites is 2. The Bertz CT molecular complexity index is 454. The van der Waals surface area contributed by atoms with E-state index < -0.39 is 0 Å². The van der Waals surface area contributed by atoms with Gasteiger partial charge in [0.2, 0.25) is 0 Å². The summed E-state index contributed by atoms with van der Waals surface area (Å²) >= 11 is 0. The first-order chi connectivity index (χ1) is 7.88. The molecule has 0 radical (unpaired) electrons. The second kappa shape index (κ2) is 3.91. The quantitative estimate of drug-likeness (QED) is 0.858. The van der Waals surface area contributed by atoms with Gasteiger partial charge in [0.15, 0.2) is 11.5 Å². The number of hydrogen-bond donors (Lipinski definition) is 1. The third kappa shape index (κ3) is 1.52. The number of rotatable bonds is 3. The van der Waals surface area contributed by atoms with Gasteiger partial charge >= 0.3 is 0 Å². The highest BCUT2D eigenvalue weighted by Crippen LogP contribution is 2.39. The van der Waals surface area contributed by atoms with E-state index in [0.29, 0.717) is 18.4 Å². The van der Waals surface area contributed by atoms with Gasteiger partial charge in [-0.1, -0.05) is 18.6 Å². The molecule has 3 nitrogen and oxygen atoms in total. The molecule has 1 heterocycles. The maximum Gasteiger partial charge on any atom is 0.200 e. The molecule has 3 heteroatoms. The van der Waals surface area contributed by atoms with Crippen LogP contribution in [0.4, 0.5) is 0 Å². The Hall–Kier alpha value is -1.35. The summed E-state index contributed by atoms with van der Waals surface area (Å²) in [6, 6.07) is 7.89. The molecule has 0 aliphatic heterocycles. The topological polar surface area (TPSA) is 52.0 Å². The molecule has 2 aromatic rings. The summed E-state index contributed by atoms with van der Waals surface area (Å²) < 4.78 is 5.79. The Morgan fingerprint density at radius 1 is 1.38 bits per heavy atom. The summed E-state index contributed by atoms with van der Waals surface area (Å²) in [4.78, 5) is 4.54. The Morgan fingerprint density at radius 3 is 2.81 bits per heavy atom. The van der Waals surface area contributed by atoms with Crippen molar-refractivity contribution in [3.63, 3.8) is 0 Å². The van der Waals surface area contributed by atoms with Crippen LogP contribution < -0.4 is 5.73 Å². The fourth-order valence-electron chi connectivity index (χ4n) is 2.39.